The first-order chi connectivity index (χ1) is 9.99. The van der Waals surface area contributed by atoms with Crippen molar-refractivity contribution in [1.82, 2.24) is 9.55 Å². The fourth-order valence-electron chi connectivity index (χ4n) is 2.12. The maximum atomic E-state index is 11.0. The molecule has 0 spiro atoms. The van der Waals surface area contributed by atoms with Crippen LogP contribution in [0.5, 0.6) is 5.75 Å². The van der Waals surface area contributed by atoms with Crippen LogP contribution in [0.3, 0.4) is 0 Å². The predicted molar refractivity (Wildman–Crippen MR) is 78.3 cm³/mol. The van der Waals surface area contributed by atoms with E-state index in [9.17, 15) is 10.1 Å². The molecule has 0 fully saturated rings. The Bertz CT molecular complexity index is 637. The molecule has 2 aromatic rings. The quantitative estimate of drug-likeness (QED) is 0.645. The second-order valence-corrected chi connectivity index (χ2v) is 4.98. The number of rotatable bonds is 6. The Hall–Kier alpha value is -2.41. The second-order valence-electron chi connectivity index (χ2n) is 4.98. The molecular weight excluding hydrogens is 272 g/mol. The van der Waals surface area contributed by atoms with Crippen LogP contribution < -0.4 is 10.5 Å². The molecule has 0 aliphatic heterocycles. The molecular formula is C14H18N4O3. The molecule has 0 saturated carbocycles. The number of ether oxygens (including phenoxy) is 1. The van der Waals surface area contributed by atoms with Gasteiger partial charge in [-0.25, -0.2) is 4.98 Å². The minimum atomic E-state index is -0.447. The lowest BCUT2D eigenvalue weighted by Crippen LogP contribution is -2.17. The molecule has 2 rings (SSSR count). The molecule has 112 valence electrons. The van der Waals surface area contributed by atoms with E-state index in [2.05, 4.69) is 4.98 Å². The number of nitro benzene ring substituents is 1. The topological polar surface area (TPSA) is 96.2 Å². The number of nitrogens with two attached hydrogens (primary N) is 1. The van der Waals surface area contributed by atoms with E-state index in [0.29, 0.717) is 13.0 Å². The highest BCUT2D eigenvalue weighted by atomic mass is 16.6. The molecule has 1 aromatic heterocycles. The number of nitrogens with zero attached hydrogens (tertiary/aromatic N) is 3. The molecule has 0 radical (unpaired) electrons. The highest BCUT2D eigenvalue weighted by molar-refractivity contribution is 5.48. The Morgan fingerprint density at radius 2 is 2.29 bits per heavy atom. The lowest BCUT2D eigenvalue weighted by atomic mass is 10.2. The van der Waals surface area contributed by atoms with Crippen molar-refractivity contribution in [3.63, 3.8) is 0 Å². The largest absolute Gasteiger partial charge is 0.490 e. The first kappa shape index (κ1) is 15.0. The van der Waals surface area contributed by atoms with E-state index in [1.165, 1.54) is 13.2 Å². The average molecular weight is 290 g/mol. The summed E-state index contributed by atoms with van der Waals surface area (Å²) in [6.45, 7) is 2.43. The molecule has 0 saturated heterocycles. The van der Waals surface area contributed by atoms with Crippen LogP contribution >= 0.6 is 0 Å². The number of aromatic nitrogens is 2. The van der Waals surface area contributed by atoms with Crippen LogP contribution in [0.2, 0.25) is 0 Å². The van der Waals surface area contributed by atoms with Crippen molar-refractivity contribution < 1.29 is 9.66 Å². The smallest absolute Gasteiger partial charge is 0.311 e. The summed E-state index contributed by atoms with van der Waals surface area (Å²) in [5.74, 6) is 0.257. The average Bonchev–Trinajstić information content (AvgIpc) is 2.85. The molecule has 1 aromatic carbocycles. The van der Waals surface area contributed by atoms with E-state index >= 15 is 0 Å². The summed E-state index contributed by atoms with van der Waals surface area (Å²) in [6.07, 6.45) is 4.31. The third-order valence-electron chi connectivity index (χ3n) is 3.02. The summed E-state index contributed by atoms with van der Waals surface area (Å²) >= 11 is 0. The summed E-state index contributed by atoms with van der Waals surface area (Å²) in [5, 5.41) is 11.0. The monoisotopic (exact) mass is 290 g/mol. The van der Waals surface area contributed by atoms with Gasteiger partial charge in [-0.1, -0.05) is 6.07 Å². The molecule has 1 atom stereocenters. The number of benzene rings is 1. The summed E-state index contributed by atoms with van der Waals surface area (Å²) in [6, 6.07) is 4.98. The molecule has 1 heterocycles. The van der Waals surface area contributed by atoms with E-state index in [1.54, 1.807) is 18.5 Å². The van der Waals surface area contributed by atoms with Gasteiger partial charge in [0.15, 0.2) is 5.75 Å². The minimum Gasteiger partial charge on any atom is -0.490 e. The molecule has 0 bridgehead atoms. The van der Waals surface area contributed by atoms with Gasteiger partial charge < -0.3 is 15.0 Å². The Labute approximate surface area is 122 Å². The maximum Gasteiger partial charge on any atom is 0.311 e. The second kappa shape index (κ2) is 6.36. The molecule has 1 unspecified atom stereocenters. The zero-order valence-corrected chi connectivity index (χ0v) is 12.0. The van der Waals surface area contributed by atoms with Crippen LogP contribution in [0.1, 0.15) is 18.2 Å². The van der Waals surface area contributed by atoms with Gasteiger partial charge in [-0.15, -0.1) is 0 Å². The van der Waals surface area contributed by atoms with E-state index in [0.717, 1.165) is 11.3 Å². The standard InChI is InChI=1S/C14H18N4O3/c1-10(15)5-12-8-17(9-16-12)7-11-3-4-14(21-2)13(6-11)18(19)20/h3-4,6,8-10H,5,7,15H2,1-2H3. The summed E-state index contributed by atoms with van der Waals surface area (Å²) in [7, 11) is 1.41. The Balaban J connectivity index is 2.17. The molecule has 0 aliphatic carbocycles. The van der Waals surface area contributed by atoms with Crippen LogP contribution in [0, 0.1) is 10.1 Å². The lowest BCUT2D eigenvalue weighted by molar-refractivity contribution is -0.385. The number of methoxy groups -OCH3 is 1. The van der Waals surface area contributed by atoms with E-state index < -0.39 is 4.92 Å². The zero-order chi connectivity index (χ0) is 15.4. The molecule has 2 N–H and O–H groups in total. The third kappa shape index (κ3) is 3.79. The van der Waals surface area contributed by atoms with Gasteiger partial charge in [-0.2, -0.15) is 0 Å². The zero-order valence-electron chi connectivity index (χ0n) is 12.0. The van der Waals surface area contributed by atoms with Crippen molar-refractivity contribution in [2.24, 2.45) is 5.73 Å². The predicted octanol–water partition coefficient (Wildman–Crippen LogP) is 1.74. The van der Waals surface area contributed by atoms with Crippen molar-refractivity contribution in [2.45, 2.75) is 25.9 Å². The molecule has 7 heteroatoms. The minimum absolute atomic E-state index is 0.0362. The van der Waals surface area contributed by atoms with E-state index in [4.69, 9.17) is 10.5 Å². The van der Waals surface area contributed by atoms with Crippen molar-refractivity contribution >= 4 is 5.69 Å². The van der Waals surface area contributed by atoms with Crippen molar-refractivity contribution in [2.75, 3.05) is 7.11 Å². The highest BCUT2D eigenvalue weighted by Crippen LogP contribution is 2.27. The van der Waals surface area contributed by atoms with Gasteiger partial charge in [0.2, 0.25) is 0 Å². The van der Waals surface area contributed by atoms with Gasteiger partial charge in [0.25, 0.3) is 0 Å². The summed E-state index contributed by atoms with van der Waals surface area (Å²) in [5.41, 5.74) is 7.42. The first-order valence-electron chi connectivity index (χ1n) is 6.57. The first-order valence-corrected chi connectivity index (χ1v) is 6.57. The Morgan fingerprint density at radius 1 is 1.52 bits per heavy atom. The fourth-order valence-corrected chi connectivity index (χ4v) is 2.12. The van der Waals surface area contributed by atoms with Gasteiger partial charge in [0.1, 0.15) is 0 Å². The molecule has 21 heavy (non-hydrogen) atoms. The molecule has 0 aliphatic rings. The van der Waals surface area contributed by atoms with Crippen molar-refractivity contribution in [1.29, 1.82) is 0 Å². The molecule has 0 amide bonds. The SMILES string of the molecule is COc1ccc(Cn2cnc(CC(C)N)c2)cc1[N+](=O)[O-]. The van der Waals surface area contributed by atoms with Crippen LogP contribution in [0.15, 0.2) is 30.7 Å². The van der Waals surface area contributed by atoms with E-state index in [1.807, 2.05) is 17.7 Å². The van der Waals surface area contributed by atoms with Crippen LogP contribution in [-0.4, -0.2) is 27.6 Å². The number of nitro groups is 1. The van der Waals surface area contributed by atoms with Crippen LogP contribution in [-0.2, 0) is 13.0 Å². The van der Waals surface area contributed by atoms with Gasteiger partial charge in [-0.3, -0.25) is 10.1 Å². The van der Waals surface area contributed by atoms with E-state index in [-0.39, 0.29) is 17.5 Å². The summed E-state index contributed by atoms with van der Waals surface area (Å²) in [4.78, 5) is 14.8. The lowest BCUT2D eigenvalue weighted by Gasteiger charge is -2.06. The third-order valence-corrected chi connectivity index (χ3v) is 3.02. The fraction of sp³-hybridized carbons (Fsp3) is 0.357. The Morgan fingerprint density at radius 3 is 2.90 bits per heavy atom. The number of hydrogen-bond acceptors (Lipinski definition) is 5. The van der Waals surface area contributed by atoms with Gasteiger partial charge in [-0.05, 0) is 18.6 Å². The summed E-state index contributed by atoms with van der Waals surface area (Å²) < 4.78 is 6.86. The van der Waals surface area contributed by atoms with Crippen molar-refractivity contribution in [3.05, 3.63) is 52.1 Å². The molecule has 7 nitrogen and oxygen atoms in total. The Kier molecular flexibility index (Phi) is 4.54. The van der Waals surface area contributed by atoms with Gasteiger partial charge in [0.05, 0.1) is 24.1 Å². The normalized spacial score (nSPS) is 12.1. The van der Waals surface area contributed by atoms with Crippen LogP contribution in [0.25, 0.3) is 0 Å². The van der Waals surface area contributed by atoms with Gasteiger partial charge in [0, 0.05) is 31.3 Å². The number of hydrogen-bond donors (Lipinski definition) is 1. The number of imidazole rings is 1. The highest BCUT2D eigenvalue weighted by Gasteiger charge is 2.15. The maximum absolute atomic E-state index is 11.0. The van der Waals surface area contributed by atoms with Crippen LogP contribution in [0.4, 0.5) is 5.69 Å². The van der Waals surface area contributed by atoms with Crippen molar-refractivity contribution in [3.8, 4) is 5.75 Å². The van der Waals surface area contributed by atoms with Gasteiger partial charge >= 0.3 is 5.69 Å².